The summed E-state index contributed by atoms with van der Waals surface area (Å²) >= 11 is 0. The zero-order valence-electron chi connectivity index (χ0n) is 16.7. The molecule has 5 rings (SSSR count). The van der Waals surface area contributed by atoms with Gasteiger partial charge < -0.3 is 9.67 Å². The second kappa shape index (κ2) is 7.26. The number of aromatic hydroxyl groups is 1. The molecule has 5 heteroatoms. The lowest BCUT2D eigenvalue weighted by Crippen LogP contribution is -2.01. The molecule has 1 aromatic heterocycles. The topological polar surface area (TPSA) is 67.5 Å². The third kappa shape index (κ3) is 2.66. The van der Waals surface area contributed by atoms with Crippen LogP contribution in [0.3, 0.4) is 0 Å². The highest BCUT2D eigenvalue weighted by Gasteiger charge is 2.23. The first-order chi connectivity index (χ1) is 14.7. The predicted octanol–water partition coefficient (Wildman–Crippen LogP) is 6.91. The van der Waals surface area contributed by atoms with Crippen molar-refractivity contribution in [2.45, 2.75) is 26.3 Å². The molecule has 0 fully saturated rings. The lowest BCUT2D eigenvalue weighted by molar-refractivity contribution is 0.483. The molecular formula is C25H21N3O2. The monoisotopic (exact) mass is 395 g/mol. The average molecular weight is 395 g/mol. The van der Waals surface area contributed by atoms with Gasteiger partial charge in [-0.3, -0.25) is 0 Å². The first kappa shape index (κ1) is 18.3. The molecule has 0 unspecified atom stereocenters. The highest BCUT2D eigenvalue weighted by Crippen LogP contribution is 2.44. The number of nitroso groups, excluding NO2 is 1. The highest BCUT2D eigenvalue weighted by atomic mass is 16.3. The van der Waals surface area contributed by atoms with E-state index >= 15 is 0 Å². The van der Waals surface area contributed by atoms with E-state index in [-0.39, 0.29) is 11.4 Å². The van der Waals surface area contributed by atoms with E-state index in [1.54, 1.807) is 6.07 Å². The van der Waals surface area contributed by atoms with E-state index in [0.29, 0.717) is 28.4 Å². The molecule has 0 aliphatic heterocycles. The van der Waals surface area contributed by atoms with Crippen molar-refractivity contribution in [1.29, 1.82) is 0 Å². The largest absolute Gasteiger partial charge is 0.505 e. The Hall–Kier alpha value is -3.73. The smallest absolute Gasteiger partial charge is 0.149 e. The van der Waals surface area contributed by atoms with Crippen molar-refractivity contribution in [3.8, 4) is 17.1 Å². The summed E-state index contributed by atoms with van der Waals surface area (Å²) in [7, 11) is 0. The van der Waals surface area contributed by atoms with Crippen LogP contribution in [0.15, 0.2) is 71.9 Å². The lowest BCUT2D eigenvalue weighted by atomic mass is 10.0. The fourth-order valence-corrected chi connectivity index (χ4v) is 4.26. The van der Waals surface area contributed by atoms with Gasteiger partial charge >= 0.3 is 0 Å². The summed E-state index contributed by atoms with van der Waals surface area (Å²) in [5.74, 6) is 0.883. The Morgan fingerprint density at radius 1 is 0.933 bits per heavy atom. The van der Waals surface area contributed by atoms with Crippen molar-refractivity contribution in [2.75, 3.05) is 0 Å². The van der Waals surface area contributed by atoms with Crippen molar-refractivity contribution < 1.29 is 5.11 Å². The van der Waals surface area contributed by atoms with Crippen molar-refractivity contribution in [3.63, 3.8) is 0 Å². The Morgan fingerprint density at radius 3 is 2.40 bits per heavy atom. The maximum atomic E-state index is 11.8. The van der Waals surface area contributed by atoms with Gasteiger partial charge in [-0.05, 0) is 22.4 Å². The molecule has 1 heterocycles. The van der Waals surface area contributed by atoms with Crippen LogP contribution in [0.25, 0.3) is 44.0 Å². The average Bonchev–Trinajstić information content (AvgIpc) is 3.17. The minimum atomic E-state index is 0.142. The molecule has 0 amide bonds. The third-order valence-corrected chi connectivity index (χ3v) is 5.71. The molecule has 5 nitrogen and oxygen atoms in total. The number of nitrogens with zero attached hydrogens (tertiary/aromatic N) is 3. The summed E-state index contributed by atoms with van der Waals surface area (Å²) in [6.45, 7) is 2.82. The van der Waals surface area contributed by atoms with E-state index in [4.69, 9.17) is 4.98 Å². The number of aromatic nitrogens is 2. The van der Waals surface area contributed by atoms with Crippen LogP contribution in [-0.2, 0) is 6.54 Å². The maximum Gasteiger partial charge on any atom is 0.149 e. The Morgan fingerprint density at radius 2 is 1.63 bits per heavy atom. The molecule has 0 radical (unpaired) electrons. The molecule has 5 aromatic rings. The van der Waals surface area contributed by atoms with Crippen molar-refractivity contribution in [3.05, 3.63) is 71.6 Å². The molecule has 148 valence electrons. The van der Waals surface area contributed by atoms with E-state index in [1.807, 2.05) is 47.0 Å². The summed E-state index contributed by atoms with van der Waals surface area (Å²) in [5, 5.41) is 17.9. The number of hydrogen-bond donors (Lipinski definition) is 1. The summed E-state index contributed by atoms with van der Waals surface area (Å²) in [5.41, 5.74) is 2.26. The van der Waals surface area contributed by atoms with Gasteiger partial charge in [0.2, 0.25) is 0 Å². The first-order valence-electron chi connectivity index (χ1n) is 10.2. The van der Waals surface area contributed by atoms with Gasteiger partial charge in [-0.25, -0.2) is 4.98 Å². The van der Waals surface area contributed by atoms with Gasteiger partial charge in [0.15, 0.2) is 0 Å². The number of phenolic OH excluding ortho intramolecular Hbond substituents is 1. The van der Waals surface area contributed by atoms with Gasteiger partial charge in [-0.2, -0.15) is 0 Å². The van der Waals surface area contributed by atoms with Crippen LogP contribution in [-0.4, -0.2) is 14.7 Å². The Bertz CT molecular complexity index is 1410. The SMILES string of the molecule is CCCCn1c(-c2cccc3ccccc23)nc2c(N=O)c3ccccc3c(O)c21. The molecule has 0 spiro atoms. The summed E-state index contributed by atoms with van der Waals surface area (Å²) in [6, 6.07) is 21.6. The van der Waals surface area contributed by atoms with Gasteiger partial charge in [-0.15, -0.1) is 4.91 Å². The van der Waals surface area contributed by atoms with E-state index in [1.165, 1.54) is 0 Å². The summed E-state index contributed by atoms with van der Waals surface area (Å²) in [4.78, 5) is 16.7. The Kier molecular flexibility index (Phi) is 4.43. The quantitative estimate of drug-likeness (QED) is 0.329. The molecule has 0 aliphatic rings. The molecule has 1 N–H and O–H groups in total. The van der Waals surface area contributed by atoms with E-state index in [9.17, 15) is 10.0 Å². The van der Waals surface area contributed by atoms with Crippen LogP contribution in [0.4, 0.5) is 5.69 Å². The van der Waals surface area contributed by atoms with Crippen LogP contribution < -0.4 is 0 Å². The number of rotatable bonds is 5. The van der Waals surface area contributed by atoms with Crippen LogP contribution >= 0.6 is 0 Å². The van der Waals surface area contributed by atoms with Crippen molar-refractivity contribution >= 4 is 38.3 Å². The normalized spacial score (nSPS) is 11.5. The number of unbranched alkanes of at least 4 members (excludes halogenated alkanes) is 1. The predicted molar refractivity (Wildman–Crippen MR) is 122 cm³/mol. The van der Waals surface area contributed by atoms with E-state index < -0.39 is 0 Å². The molecule has 0 saturated heterocycles. The zero-order valence-corrected chi connectivity index (χ0v) is 16.7. The Balaban J connectivity index is 1.94. The molecule has 0 atom stereocenters. The third-order valence-electron chi connectivity index (χ3n) is 5.71. The van der Waals surface area contributed by atoms with Gasteiger partial charge in [0.05, 0.1) is 0 Å². The molecule has 0 saturated carbocycles. The molecule has 0 bridgehead atoms. The fourth-order valence-electron chi connectivity index (χ4n) is 4.26. The van der Waals surface area contributed by atoms with Gasteiger partial charge in [0, 0.05) is 22.9 Å². The molecule has 0 aliphatic carbocycles. The minimum absolute atomic E-state index is 0.142. The molecular weight excluding hydrogens is 374 g/mol. The van der Waals surface area contributed by atoms with E-state index in [0.717, 1.165) is 35.0 Å². The first-order valence-corrected chi connectivity index (χ1v) is 10.2. The van der Waals surface area contributed by atoms with Gasteiger partial charge in [-0.1, -0.05) is 80.1 Å². The second-order valence-electron chi connectivity index (χ2n) is 7.50. The van der Waals surface area contributed by atoms with Crippen LogP contribution in [0.5, 0.6) is 5.75 Å². The Labute approximate surface area is 173 Å². The number of aryl methyl sites for hydroxylation is 1. The fraction of sp³-hybridized carbons (Fsp3) is 0.160. The minimum Gasteiger partial charge on any atom is -0.505 e. The van der Waals surface area contributed by atoms with Crippen LogP contribution in [0.2, 0.25) is 0 Å². The van der Waals surface area contributed by atoms with Gasteiger partial charge in [0.25, 0.3) is 0 Å². The van der Waals surface area contributed by atoms with Gasteiger partial charge in [0.1, 0.15) is 28.3 Å². The van der Waals surface area contributed by atoms with Crippen molar-refractivity contribution in [1.82, 2.24) is 9.55 Å². The number of fused-ring (bicyclic) bond motifs is 3. The zero-order chi connectivity index (χ0) is 20.7. The number of phenols is 1. The van der Waals surface area contributed by atoms with E-state index in [2.05, 4.69) is 30.3 Å². The lowest BCUT2D eigenvalue weighted by Gasteiger charge is -2.12. The second-order valence-corrected chi connectivity index (χ2v) is 7.50. The highest BCUT2D eigenvalue weighted by molar-refractivity contribution is 6.13. The standard InChI is InChI=1S/C25H21N3O2/c1-2-3-15-28-23-22(21(27-30)18-12-6-7-13-19(18)24(23)29)26-25(28)20-14-8-10-16-9-4-5-11-17(16)20/h4-14,29H,2-3,15H2,1H3. The van der Waals surface area contributed by atoms with Crippen molar-refractivity contribution in [2.24, 2.45) is 5.18 Å². The molecule has 30 heavy (non-hydrogen) atoms. The number of imidazole rings is 1. The molecule has 4 aromatic carbocycles. The number of benzene rings is 4. The summed E-state index contributed by atoms with van der Waals surface area (Å²) < 4.78 is 2.04. The maximum absolute atomic E-state index is 11.8. The van der Waals surface area contributed by atoms with Crippen LogP contribution in [0, 0.1) is 4.91 Å². The van der Waals surface area contributed by atoms with Crippen LogP contribution in [0.1, 0.15) is 19.8 Å². The summed E-state index contributed by atoms with van der Waals surface area (Å²) in [6.07, 6.45) is 1.93. The number of hydrogen-bond acceptors (Lipinski definition) is 4.